The van der Waals surface area contributed by atoms with Crippen molar-refractivity contribution in [2.45, 2.75) is 19.4 Å². The second-order valence-corrected chi connectivity index (χ2v) is 6.24. The van der Waals surface area contributed by atoms with Crippen LogP contribution < -0.4 is 5.32 Å². The Morgan fingerprint density at radius 3 is 3.13 bits per heavy atom. The van der Waals surface area contributed by atoms with E-state index in [9.17, 15) is 4.79 Å². The third-order valence-corrected chi connectivity index (χ3v) is 4.47. The topological polar surface area (TPSA) is 67.0 Å². The lowest BCUT2D eigenvalue weighted by Crippen LogP contribution is -2.27. The van der Waals surface area contributed by atoms with Crippen molar-refractivity contribution in [3.63, 3.8) is 0 Å². The molecule has 0 spiro atoms. The molecule has 2 N–H and O–H groups in total. The minimum Gasteiger partial charge on any atom is -0.378 e. The van der Waals surface area contributed by atoms with Crippen molar-refractivity contribution >= 4 is 28.1 Å². The third kappa shape index (κ3) is 3.97. The summed E-state index contributed by atoms with van der Waals surface area (Å²) in [5.74, 6) is 0.0297. The number of benzene rings is 1. The molecule has 0 radical (unpaired) electrons. The zero-order chi connectivity index (χ0) is 16.1. The Morgan fingerprint density at radius 2 is 2.26 bits per heavy atom. The Bertz CT molecular complexity index is 794. The summed E-state index contributed by atoms with van der Waals surface area (Å²) in [4.78, 5) is 19.7. The van der Waals surface area contributed by atoms with E-state index in [1.807, 2.05) is 35.8 Å². The molecular formula is C17H19N3O2S. The Kier molecular flexibility index (Phi) is 5.05. The lowest BCUT2D eigenvalue weighted by molar-refractivity contribution is -0.120. The molecule has 5 nitrogen and oxygen atoms in total. The molecule has 0 saturated carbocycles. The van der Waals surface area contributed by atoms with E-state index in [-0.39, 0.29) is 5.91 Å². The first-order valence-corrected chi connectivity index (χ1v) is 8.38. The maximum atomic E-state index is 12.1. The highest BCUT2D eigenvalue weighted by Crippen LogP contribution is 2.18. The fourth-order valence-corrected chi connectivity index (χ4v) is 3.30. The maximum Gasteiger partial charge on any atom is 0.224 e. The second-order valence-electron chi connectivity index (χ2n) is 5.30. The smallest absolute Gasteiger partial charge is 0.224 e. The highest BCUT2D eigenvalue weighted by molar-refractivity contribution is 7.09. The number of para-hydroxylation sites is 1. The number of thiazole rings is 1. The summed E-state index contributed by atoms with van der Waals surface area (Å²) < 4.78 is 5.05. The van der Waals surface area contributed by atoms with Crippen LogP contribution in [0.2, 0.25) is 0 Å². The molecule has 1 amide bonds. The van der Waals surface area contributed by atoms with Crippen LogP contribution in [-0.2, 0) is 29.0 Å². The highest BCUT2D eigenvalue weighted by atomic mass is 32.1. The molecule has 0 atom stereocenters. The monoisotopic (exact) mass is 329 g/mol. The van der Waals surface area contributed by atoms with Crippen molar-refractivity contribution in [1.29, 1.82) is 0 Å². The number of H-pyrrole nitrogens is 1. The molecule has 2 aromatic heterocycles. The van der Waals surface area contributed by atoms with Crippen molar-refractivity contribution in [2.24, 2.45) is 0 Å². The average Bonchev–Trinajstić information content (AvgIpc) is 3.16. The molecule has 1 aromatic carbocycles. The summed E-state index contributed by atoms with van der Waals surface area (Å²) in [5.41, 5.74) is 3.08. The molecule has 120 valence electrons. The Labute approximate surface area is 138 Å². The Hall–Kier alpha value is -2.18. The quantitative estimate of drug-likeness (QED) is 0.700. The molecule has 6 heteroatoms. The van der Waals surface area contributed by atoms with E-state index in [4.69, 9.17) is 4.74 Å². The van der Waals surface area contributed by atoms with Gasteiger partial charge in [-0.25, -0.2) is 4.98 Å². The van der Waals surface area contributed by atoms with Gasteiger partial charge in [-0.2, -0.15) is 0 Å². The summed E-state index contributed by atoms with van der Waals surface area (Å²) in [5, 5.41) is 7.04. The summed E-state index contributed by atoms with van der Waals surface area (Å²) in [6.45, 7) is 1.13. The Balaban J connectivity index is 1.49. The van der Waals surface area contributed by atoms with Crippen LogP contribution in [0.1, 0.15) is 16.3 Å². The van der Waals surface area contributed by atoms with E-state index in [2.05, 4.69) is 15.3 Å². The van der Waals surface area contributed by atoms with Crippen LogP contribution in [-0.4, -0.2) is 29.5 Å². The summed E-state index contributed by atoms with van der Waals surface area (Å²) in [6, 6.07) is 8.00. The van der Waals surface area contributed by atoms with Crippen LogP contribution in [0.25, 0.3) is 10.9 Å². The SMILES string of the molecule is COCc1nc(CCNC(=O)Cc2c[nH]c3ccccc23)cs1. The number of nitrogens with one attached hydrogen (secondary N) is 2. The first-order valence-electron chi connectivity index (χ1n) is 7.50. The minimum absolute atomic E-state index is 0.0297. The van der Waals surface area contributed by atoms with E-state index in [1.54, 1.807) is 18.4 Å². The van der Waals surface area contributed by atoms with Crippen molar-refractivity contribution in [3.05, 3.63) is 52.1 Å². The van der Waals surface area contributed by atoms with Gasteiger partial charge in [0.15, 0.2) is 0 Å². The molecule has 0 unspecified atom stereocenters. The van der Waals surface area contributed by atoms with Gasteiger partial charge in [-0.3, -0.25) is 4.79 Å². The zero-order valence-electron chi connectivity index (χ0n) is 13.0. The standard InChI is InChI=1S/C17H19N3O2S/c1-22-10-17-20-13(11-23-17)6-7-18-16(21)8-12-9-19-15-5-3-2-4-14(12)15/h2-5,9,11,19H,6-8,10H2,1H3,(H,18,21). The van der Waals surface area contributed by atoms with E-state index in [1.165, 1.54) is 0 Å². The van der Waals surface area contributed by atoms with Gasteiger partial charge in [0, 0.05) is 42.6 Å². The van der Waals surface area contributed by atoms with Crippen LogP contribution in [0.3, 0.4) is 0 Å². The van der Waals surface area contributed by atoms with Crippen molar-refractivity contribution < 1.29 is 9.53 Å². The van der Waals surface area contributed by atoms with E-state index >= 15 is 0 Å². The first kappa shape index (κ1) is 15.7. The van der Waals surface area contributed by atoms with Gasteiger partial charge in [-0.05, 0) is 11.6 Å². The minimum atomic E-state index is 0.0297. The molecule has 0 aliphatic heterocycles. The third-order valence-electron chi connectivity index (χ3n) is 3.60. The predicted octanol–water partition coefficient (Wildman–Crippen LogP) is 2.67. The number of carbonyl (C=O) groups is 1. The molecule has 3 aromatic rings. The number of methoxy groups -OCH3 is 1. The van der Waals surface area contributed by atoms with Gasteiger partial charge in [-0.15, -0.1) is 11.3 Å². The van der Waals surface area contributed by atoms with Gasteiger partial charge in [0.1, 0.15) is 5.01 Å². The molecule has 0 aliphatic rings. The van der Waals surface area contributed by atoms with Crippen LogP contribution in [0.15, 0.2) is 35.8 Å². The van der Waals surface area contributed by atoms with E-state index in [0.29, 0.717) is 19.6 Å². The lowest BCUT2D eigenvalue weighted by Gasteiger charge is -2.03. The molecule has 0 bridgehead atoms. The average molecular weight is 329 g/mol. The van der Waals surface area contributed by atoms with Crippen LogP contribution in [0, 0.1) is 0 Å². The van der Waals surface area contributed by atoms with Crippen LogP contribution in [0.5, 0.6) is 0 Å². The predicted molar refractivity (Wildman–Crippen MR) is 91.5 cm³/mol. The summed E-state index contributed by atoms with van der Waals surface area (Å²) in [6.07, 6.45) is 3.03. The Morgan fingerprint density at radius 1 is 1.39 bits per heavy atom. The number of fused-ring (bicyclic) bond motifs is 1. The lowest BCUT2D eigenvalue weighted by atomic mass is 10.1. The number of carbonyl (C=O) groups excluding carboxylic acids is 1. The largest absolute Gasteiger partial charge is 0.378 e. The fraction of sp³-hybridized carbons (Fsp3) is 0.294. The van der Waals surface area contributed by atoms with Crippen molar-refractivity contribution in [1.82, 2.24) is 15.3 Å². The number of ether oxygens (including phenoxy) is 1. The molecule has 3 rings (SSSR count). The van der Waals surface area contributed by atoms with Crippen LogP contribution >= 0.6 is 11.3 Å². The normalized spacial score (nSPS) is 11.0. The van der Waals surface area contributed by atoms with Crippen LogP contribution in [0.4, 0.5) is 0 Å². The number of amides is 1. The van der Waals surface area contributed by atoms with E-state index < -0.39 is 0 Å². The molecule has 0 saturated heterocycles. The number of aromatic amines is 1. The summed E-state index contributed by atoms with van der Waals surface area (Å²) in [7, 11) is 1.66. The fourth-order valence-electron chi connectivity index (χ4n) is 2.50. The molecule has 0 aliphatic carbocycles. The number of aromatic nitrogens is 2. The van der Waals surface area contributed by atoms with Gasteiger partial charge >= 0.3 is 0 Å². The number of rotatable bonds is 7. The van der Waals surface area contributed by atoms with Crippen molar-refractivity contribution in [3.8, 4) is 0 Å². The van der Waals surface area contributed by atoms with Gasteiger partial charge in [0.25, 0.3) is 0 Å². The summed E-state index contributed by atoms with van der Waals surface area (Å²) >= 11 is 1.59. The maximum absolute atomic E-state index is 12.1. The first-order chi connectivity index (χ1) is 11.3. The van der Waals surface area contributed by atoms with Gasteiger partial charge in [0.05, 0.1) is 18.7 Å². The highest BCUT2D eigenvalue weighted by Gasteiger charge is 2.08. The number of hydrogen-bond acceptors (Lipinski definition) is 4. The molecular weight excluding hydrogens is 310 g/mol. The zero-order valence-corrected chi connectivity index (χ0v) is 13.8. The van der Waals surface area contributed by atoms with Gasteiger partial charge in [0.2, 0.25) is 5.91 Å². The number of hydrogen-bond donors (Lipinski definition) is 2. The van der Waals surface area contributed by atoms with Gasteiger partial charge in [-0.1, -0.05) is 18.2 Å². The number of nitrogens with zero attached hydrogens (tertiary/aromatic N) is 1. The molecule has 0 fully saturated rings. The second kappa shape index (κ2) is 7.39. The van der Waals surface area contributed by atoms with Gasteiger partial charge < -0.3 is 15.0 Å². The molecule has 23 heavy (non-hydrogen) atoms. The van der Waals surface area contributed by atoms with Crippen molar-refractivity contribution in [2.75, 3.05) is 13.7 Å². The van der Waals surface area contributed by atoms with E-state index in [0.717, 1.165) is 33.6 Å². The molecule has 2 heterocycles.